The van der Waals surface area contributed by atoms with Crippen molar-refractivity contribution in [2.75, 3.05) is 20.3 Å². The van der Waals surface area contributed by atoms with Crippen molar-refractivity contribution in [2.45, 2.75) is 52.0 Å². The fraction of sp³-hybridized carbons (Fsp3) is 0.929. The van der Waals surface area contributed by atoms with Crippen LogP contribution in [0.5, 0.6) is 0 Å². The van der Waals surface area contributed by atoms with Gasteiger partial charge in [0.15, 0.2) is 0 Å². The molecule has 0 amide bonds. The van der Waals surface area contributed by atoms with E-state index in [1.165, 1.54) is 6.42 Å². The van der Waals surface area contributed by atoms with Crippen molar-refractivity contribution in [3.8, 4) is 6.07 Å². The predicted octanol–water partition coefficient (Wildman–Crippen LogP) is 2.72. The first-order valence-corrected chi connectivity index (χ1v) is 6.61. The SMILES string of the molecule is COCCNC1(C#N)CCCCC1C(C)(C)C. The number of ether oxygens (including phenoxy) is 1. The van der Waals surface area contributed by atoms with E-state index in [1.54, 1.807) is 7.11 Å². The number of hydrogen-bond donors (Lipinski definition) is 1. The molecule has 98 valence electrons. The Hall–Kier alpha value is -0.590. The van der Waals surface area contributed by atoms with Crippen molar-refractivity contribution in [1.82, 2.24) is 5.32 Å². The van der Waals surface area contributed by atoms with E-state index in [2.05, 4.69) is 32.2 Å². The van der Waals surface area contributed by atoms with Crippen LogP contribution in [0.25, 0.3) is 0 Å². The second kappa shape index (κ2) is 5.84. The Balaban J connectivity index is 2.80. The lowest BCUT2D eigenvalue weighted by Gasteiger charge is -2.46. The van der Waals surface area contributed by atoms with E-state index in [0.29, 0.717) is 12.5 Å². The smallest absolute Gasteiger partial charge is 0.110 e. The lowest BCUT2D eigenvalue weighted by Crippen LogP contribution is -2.56. The van der Waals surface area contributed by atoms with Crippen LogP contribution in [0.2, 0.25) is 0 Å². The van der Waals surface area contributed by atoms with E-state index < -0.39 is 0 Å². The highest BCUT2D eigenvalue weighted by atomic mass is 16.5. The van der Waals surface area contributed by atoms with E-state index in [0.717, 1.165) is 25.8 Å². The van der Waals surface area contributed by atoms with Gasteiger partial charge in [-0.05, 0) is 24.2 Å². The predicted molar refractivity (Wildman–Crippen MR) is 69.6 cm³/mol. The molecule has 0 radical (unpaired) electrons. The minimum absolute atomic E-state index is 0.177. The van der Waals surface area contributed by atoms with Gasteiger partial charge >= 0.3 is 0 Å². The molecule has 0 bridgehead atoms. The zero-order valence-corrected chi connectivity index (χ0v) is 11.7. The largest absolute Gasteiger partial charge is 0.383 e. The molecule has 1 N–H and O–H groups in total. The van der Waals surface area contributed by atoms with Crippen LogP contribution in [0.1, 0.15) is 46.5 Å². The highest BCUT2D eigenvalue weighted by Crippen LogP contribution is 2.44. The Bertz CT molecular complexity index is 277. The first kappa shape index (κ1) is 14.5. The molecule has 0 aliphatic heterocycles. The molecule has 0 aromatic carbocycles. The lowest BCUT2D eigenvalue weighted by molar-refractivity contribution is 0.0804. The van der Waals surface area contributed by atoms with Crippen molar-refractivity contribution < 1.29 is 4.74 Å². The third-order valence-electron chi connectivity index (χ3n) is 3.90. The summed E-state index contributed by atoms with van der Waals surface area (Å²) >= 11 is 0. The van der Waals surface area contributed by atoms with Crippen molar-refractivity contribution in [3.63, 3.8) is 0 Å². The van der Waals surface area contributed by atoms with Crippen LogP contribution in [0, 0.1) is 22.7 Å². The third kappa shape index (κ3) is 3.43. The third-order valence-corrected chi connectivity index (χ3v) is 3.90. The summed E-state index contributed by atoms with van der Waals surface area (Å²) in [7, 11) is 1.70. The lowest BCUT2D eigenvalue weighted by atomic mass is 9.62. The zero-order chi connectivity index (χ0) is 12.9. The maximum absolute atomic E-state index is 9.62. The Morgan fingerprint density at radius 1 is 1.41 bits per heavy atom. The fourth-order valence-electron chi connectivity index (χ4n) is 3.11. The summed E-state index contributed by atoms with van der Waals surface area (Å²) < 4.78 is 5.07. The summed E-state index contributed by atoms with van der Waals surface area (Å²) in [6, 6.07) is 2.57. The summed E-state index contributed by atoms with van der Waals surface area (Å²) in [6.45, 7) is 8.16. The molecule has 0 aromatic rings. The van der Waals surface area contributed by atoms with E-state index in [-0.39, 0.29) is 11.0 Å². The van der Waals surface area contributed by atoms with Crippen molar-refractivity contribution in [2.24, 2.45) is 11.3 Å². The van der Waals surface area contributed by atoms with Crippen LogP contribution in [-0.2, 0) is 4.74 Å². The maximum atomic E-state index is 9.62. The highest BCUT2D eigenvalue weighted by Gasteiger charge is 2.46. The topological polar surface area (TPSA) is 45.0 Å². The molecule has 0 heterocycles. The van der Waals surface area contributed by atoms with Gasteiger partial charge in [0.2, 0.25) is 0 Å². The van der Waals surface area contributed by atoms with Crippen LogP contribution in [0.15, 0.2) is 0 Å². The molecule has 2 unspecified atom stereocenters. The van der Waals surface area contributed by atoms with Gasteiger partial charge in [-0.15, -0.1) is 0 Å². The molecule has 0 spiro atoms. The van der Waals surface area contributed by atoms with Crippen LogP contribution >= 0.6 is 0 Å². The molecule has 3 nitrogen and oxygen atoms in total. The number of rotatable bonds is 4. The Morgan fingerprint density at radius 3 is 2.65 bits per heavy atom. The molecule has 17 heavy (non-hydrogen) atoms. The number of methoxy groups -OCH3 is 1. The first-order valence-electron chi connectivity index (χ1n) is 6.61. The van der Waals surface area contributed by atoms with Crippen molar-refractivity contribution in [3.05, 3.63) is 0 Å². The summed E-state index contributed by atoms with van der Waals surface area (Å²) in [5.41, 5.74) is -0.175. The van der Waals surface area contributed by atoms with Crippen LogP contribution in [0.4, 0.5) is 0 Å². The summed E-state index contributed by atoms with van der Waals surface area (Å²) in [5.74, 6) is 0.422. The number of nitrogens with one attached hydrogen (secondary N) is 1. The molecule has 1 aliphatic carbocycles. The molecule has 3 heteroatoms. The number of nitriles is 1. The second-order valence-corrected chi connectivity index (χ2v) is 6.17. The van der Waals surface area contributed by atoms with Gasteiger partial charge in [0.25, 0.3) is 0 Å². The summed E-state index contributed by atoms with van der Waals surface area (Å²) in [6.07, 6.45) is 4.52. The monoisotopic (exact) mass is 238 g/mol. The Labute approximate surface area is 106 Å². The van der Waals surface area contributed by atoms with Gasteiger partial charge in [-0.2, -0.15) is 5.26 Å². The zero-order valence-electron chi connectivity index (χ0n) is 11.7. The van der Waals surface area contributed by atoms with E-state index in [4.69, 9.17) is 4.74 Å². The Morgan fingerprint density at radius 2 is 2.12 bits per heavy atom. The van der Waals surface area contributed by atoms with Crippen LogP contribution in [-0.4, -0.2) is 25.8 Å². The van der Waals surface area contributed by atoms with Crippen molar-refractivity contribution in [1.29, 1.82) is 5.26 Å². The van der Waals surface area contributed by atoms with Gasteiger partial charge in [-0.3, -0.25) is 5.32 Å². The summed E-state index contributed by atoms with van der Waals surface area (Å²) in [5, 5.41) is 13.1. The fourth-order valence-corrected chi connectivity index (χ4v) is 3.11. The number of nitrogens with zero attached hydrogens (tertiary/aromatic N) is 1. The molecular formula is C14H26N2O. The molecule has 0 saturated heterocycles. The van der Waals surface area contributed by atoms with Crippen LogP contribution < -0.4 is 5.32 Å². The molecule has 1 fully saturated rings. The standard InChI is InChI=1S/C14H26N2O/c1-13(2,3)12-7-5-6-8-14(12,11-15)16-9-10-17-4/h12,16H,5-10H2,1-4H3. The minimum Gasteiger partial charge on any atom is -0.383 e. The number of hydrogen-bond acceptors (Lipinski definition) is 3. The maximum Gasteiger partial charge on any atom is 0.110 e. The van der Waals surface area contributed by atoms with E-state index in [1.807, 2.05) is 0 Å². The summed E-state index contributed by atoms with van der Waals surface area (Å²) in [4.78, 5) is 0. The Kier molecular flexibility index (Phi) is 4.97. The average Bonchev–Trinajstić information content (AvgIpc) is 2.28. The van der Waals surface area contributed by atoms with Gasteiger partial charge in [-0.25, -0.2) is 0 Å². The normalized spacial score (nSPS) is 29.9. The van der Waals surface area contributed by atoms with Crippen molar-refractivity contribution >= 4 is 0 Å². The first-order chi connectivity index (χ1) is 7.96. The van der Waals surface area contributed by atoms with Gasteiger partial charge in [0, 0.05) is 13.7 Å². The molecule has 2 atom stereocenters. The molecule has 1 aliphatic rings. The second-order valence-electron chi connectivity index (χ2n) is 6.17. The van der Waals surface area contributed by atoms with Gasteiger partial charge in [0.05, 0.1) is 12.7 Å². The van der Waals surface area contributed by atoms with Gasteiger partial charge in [-0.1, -0.05) is 33.6 Å². The molecule has 0 aromatic heterocycles. The molecule has 1 saturated carbocycles. The average molecular weight is 238 g/mol. The van der Waals surface area contributed by atoms with Gasteiger partial charge in [0.1, 0.15) is 5.54 Å². The highest BCUT2D eigenvalue weighted by molar-refractivity contribution is 5.14. The minimum atomic E-state index is -0.352. The molecule has 1 rings (SSSR count). The van der Waals surface area contributed by atoms with E-state index >= 15 is 0 Å². The van der Waals surface area contributed by atoms with Gasteiger partial charge < -0.3 is 4.74 Å². The molecular weight excluding hydrogens is 212 g/mol. The quantitative estimate of drug-likeness (QED) is 0.766. The van der Waals surface area contributed by atoms with Crippen LogP contribution in [0.3, 0.4) is 0 Å². The van der Waals surface area contributed by atoms with E-state index in [9.17, 15) is 5.26 Å².